The highest BCUT2D eigenvalue weighted by Crippen LogP contribution is 2.27. The normalized spacial score (nSPS) is 17.3. The number of carbonyl (C=O) groups is 1. The van der Waals surface area contributed by atoms with E-state index >= 15 is 0 Å². The van der Waals surface area contributed by atoms with Gasteiger partial charge in [0.25, 0.3) is 5.91 Å². The van der Waals surface area contributed by atoms with E-state index in [1.54, 1.807) is 6.07 Å². The number of ether oxygens (including phenoxy) is 2. The van der Waals surface area contributed by atoms with Crippen LogP contribution in [-0.4, -0.2) is 66.0 Å². The Kier molecular flexibility index (Phi) is 8.06. The van der Waals surface area contributed by atoms with E-state index in [-0.39, 0.29) is 18.1 Å². The van der Waals surface area contributed by atoms with E-state index in [2.05, 4.69) is 19.9 Å². The number of nitrogens with one attached hydrogen (secondary N) is 1. The molecule has 39 heavy (non-hydrogen) atoms. The predicted molar refractivity (Wildman–Crippen MR) is 142 cm³/mol. The summed E-state index contributed by atoms with van der Waals surface area (Å²) in [5.41, 5.74) is 2.22. The summed E-state index contributed by atoms with van der Waals surface area (Å²) in [5, 5.41) is 3.63. The molecule has 208 valence electrons. The molecule has 0 atom stereocenters. The van der Waals surface area contributed by atoms with Gasteiger partial charge in [-0.15, -0.1) is 13.2 Å². The lowest BCUT2D eigenvalue weighted by molar-refractivity contribution is -0.274. The summed E-state index contributed by atoms with van der Waals surface area (Å²) < 4.78 is 46.1. The first kappa shape index (κ1) is 27.0. The number of piperidine rings is 2. The average molecular weight is 544 g/mol. The molecule has 1 amide bonds. The van der Waals surface area contributed by atoms with Crippen molar-refractivity contribution < 1.29 is 27.4 Å². The van der Waals surface area contributed by atoms with Crippen LogP contribution in [0.25, 0.3) is 10.9 Å². The molecule has 0 aliphatic carbocycles. The number of likely N-dealkylation sites (tertiary alicyclic amines) is 1. The Hall–Kier alpha value is -3.60. The lowest BCUT2D eigenvalue weighted by atomic mass is 10.00. The van der Waals surface area contributed by atoms with Crippen LogP contribution in [0.2, 0.25) is 0 Å². The van der Waals surface area contributed by atoms with Crippen LogP contribution >= 0.6 is 0 Å². The maximum absolute atomic E-state index is 12.4. The van der Waals surface area contributed by atoms with Crippen molar-refractivity contribution in [3.05, 3.63) is 48.2 Å². The molecule has 8 nitrogen and oxygen atoms in total. The zero-order valence-corrected chi connectivity index (χ0v) is 21.8. The van der Waals surface area contributed by atoms with Crippen molar-refractivity contribution in [3.8, 4) is 11.5 Å². The number of aryl methyl sites for hydroxylation is 1. The second kappa shape index (κ2) is 11.6. The number of alkyl halides is 3. The molecule has 0 unspecified atom stereocenters. The Bertz CT molecular complexity index is 1290. The van der Waals surface area contributed by atoms with Gasteiger partial charge in [-0.1, -0.05) is 6.42 Å². The largest absolute Gasteiger partial charge is 0.573 e. The van der Waals surface area contributed by atoms with Gasteiger partial charge in [0, 0.05) is 30.2 Å². The first-order chi connectivity index (χ1) is 18.7. The van der Waals surface area contributed by atoms with Crippen molar-refractivity contribution in [1.29, 1.82) is 0 Å². The first-order valence-electron chi connectivity index (χ1n) is 13.3. The lowest BCUT2D eigenvalue weighted by Gasteiger charge is -2.40. The van der Waals surface area contributed by atoms with Gasteiger partial charge in [-0.2, -0.15) is 0 Å². The van der Waals surface area contributed by atoms with E-state index in [4.69, 9.17) is 14.7 Å². The molecule has 0 spiro atoms. The zero-order valence-electron chi connectivity index (χ0n) is 21.8. The summed E-state index contributed by atoms with van der Waals surface area (Å²) in [6, 6.07) is 11.0. The van der Waals surface area contributed by atoms with Crippen LogP contribution in [0.4, 0.5) is 24.8 Å². The number of amides is 1. The highest BCUT2D eigenvalue weighted by molar-refractivity contribution is 5.95. The molecule has 5 rings (SSSR count). The molecule has 11 heteroatoms. The van der Waals surface area contributed by atoms with E-state index in [9.17, 15) is 18.0 Å². The van der Waals surface area contributed by atoms with Crippen LogP contribution in [0.1, 0.15) is 37.8 Å². The van der Waals surface area contributed by atoms with Gasteiger partial charge >= 0.3 is 6.36 Å². The minimum atomic E-state index is -4.77. The Labute approximate surface area is 225 Å². The summed E-state index contributed by atoms with van der Waals surface area (Å²) in [5.74, 6) is 0.221. The van der Waals surface area contributed by atoms with Gasteiger partial charge in [-0.25, -0.2) is 9.97 Å². The van der Waals surface area contributed by atoms with Gasteiger partial charge in [0.05, 0.1) is 11.2 Å². The second-order valence-corrected chi connectivity index (χ2v) is 10.0. The third-order valence-corrected chi connectivity index (χ3v) is 7.24. The average Bonchev–Trinajstić information content (AvgIpc) is 2.93. The van der Waals surface area contributed by atoms with Gasteiger partial charge in [-0.3, -0.25) is 4.79 Å². The van der Waals surface area contributed by atoms with Crippen LogP contribution in [0.3, 0.4) is 0 Å². The van der Waals surface area contributed by atoms with Crippen LogP contribution in [0, 0.1) is 6.92 Å². The van der Waals surface area contributed by atoms with Crippen LogP contribution in [0.15, 0.2) is 42.5 Å². The molecule has 0 bridgehead atoms. The molecule has 2 aliphatic heterocycles. The SMILES string of the molecule is Cc1nc(N2CCC(N3CCCCC3)CC2)nc2ccc(NC(=O)COc3ccc(OC(F)(F)F)cc3)cc12. The monoisotopic (exact) mass is 543 g/mol. The molecule has 2 fully saturated rings. The lowest BCUT2D eigenvalue weighted by Crippen LogP contribution is -2.47. The second-order valence-electron chi connectivity index (χ2n) is 10.0. The van der Waals surface area contributed by atoms with E-state index in [1.165, 1.54) is 44.5 Å². The Morgan fingerprint density at radius 2 is 1.67 bits per heavy atom. The zero-order chi connectivity index (χ0) is 27.4. The van der Waals surface area contributed by atoms with Crippen molar-refractivity contribution >= 4 is 28.4 Å². The molecular formula is C28H32F3N5O3. The van der Waals surface area contributed by atoms with E-state index in [1.807, 2.05) is 19.1 Å². The number of anilines is 2. The number of nitrogens with zero attached hydrogens (tertiary/aromatic N) is 4. The highest BCUT2D eigenvalue weighted by atomic mass is 19.4. The quantitative estimate of drug-likeness (QED) is 0.433. The molecule has 0 radical (unpaired) electrons. The first-order valence-corrected chi connectivity index (χ1v) is 13.3. The molecular weight excluding hydrogens is 511 g/mol. The highest BCUT2D eigenvalue weighted by Gasteiger charge is 2.31. The van der Waals surface area contributed by atoms with E-state index in [0.717, 1.165) is 60.6 Å². The summed E-state index contributed by atoms with van der Waals surface area (Å²) >= 11 is 0. The van der Waals surface area contributed by atoms with Gasteiger partial charge in [0.1, 0.15) is 11.5 Å². The number of benzene rings is 2. The maximum Gasteiger partial charge on any atom is 0.573 e. The molecule has 3 heterocycles. The number of rotatable bonds is 7. The molecule has 2 saturated heterocycles. The van der Waals surface area contributed by atoms with Gasteiger partial charge in [0.2, 0.25) is 5.95 Å². The Balaban J connectivity index is 1.16. The minimum Gasteiger partial charge on any atom is -0.484 e. The topological polar surface area (TPSA) is 79.8 Å². The van der Waals surface area contributed by atoms with Crippen LogP contribution < -0.4 is 19.7 Å². The summed E-state index contributed by atoms with van der Waals surface area (Å²) in [4.78, 5) is 26.9. The number of halogens is 3. The Morgan fingerprint density at radius 3 is 2.36 bits per heavy atom. The van der Waals surface area contributed by atoms with Gasteiger partial charge in [0.15, 0.2) is 6.61 Å². The number of aromatic nitrogens is 2. The predicted octanol–water partition coefficient (Wildman–Crippen LogP) is 5.31. The van der Waals surface area contributed by atoms with Crippen molar-refractivity contribution in [3.63, 3.8) is 0 Å². The van der Waals surface area contributed by atoms with Crippen molar-refractivity contribution in [2.24, 2.45) is 0 Å². The molecule has 1 N–H and O–H groups in total. The van der Waals surface area contributed by atoms with Gasteiger partial charge < -0.3 is 24.6 Å². The summed E-state index contributed by atoms with van der Waals surface area (Å²) in [7, 11) is 0. The van der Waals surface area contributed by atoms with Crippen molar-refractivity contribution in [1.82, 2.24) is 14.9 Å². The molecule has 2 aromatic carbocycles. The number of hydrogen-bond donors (Lipinski definition) is 1. The standard InChI is InChI=1S/C28H32F3N5O3/c1-19-24-17-20(33-26(37)18-38-22-6-8-23(9-7-22)39-28(29,30)31)5-10-25(24)34-27(32-19)36-15-11-21(12-16-36)35-13-3-2-4-14-35/h5-10,17,21H,2-4,11-16,18H2,1H3,(H,33,37). The van der Waals surface area contributed by atoms with Gasteiger partial charge in [-0.05, 0) is 88.2 Å². The summed E-state index contributed by atoms with van der Waals surface area (Å²) in [6.45, 7) is 5.95. The maximum atomic E-state index is 12.4. The number of carbonyl (C=O) groups excluding carboxylic acids is 1. The molecule has 2 aliphatic rings. The minimum absolute atomic E-state index is 0.245. The number of hydrogen-bond acceptors (Lipinski definition) is 7. The van der Waals surface area contributed by atoms with Crippen LogP contribution in [-0.2, 0) is 4.79 Å². The smallest absolute Gasteiger partial charge is 0.484 e. The molecule has 0 saturated carbocycles. The summed E-state index contributed by atoms with van der Waals surface area (Å²) in [6.07, 6.45) is 1.44. The fourth-order valence-electron chi connectivity index (χ4n) is 5.28. The molecule has 3 aromatic rings. The van der Waals surface area contributed by atoms with Crippen LogP contribution in [0.5, 0.6) is 11.5 Å². The fourth-order valence-corrected chi connectivity index (χ4v) is 5.28. The third kappa shape index (κ3) is 7.08. The van der Waals surface area contributed by atoms with Crippen molar-refractivity contribution in [2.75, 3.05) is 43.0 Å². The number of fused-ring (bicyclic) bond motifs is 1. The fraction of sp³-hybridized carbons (Fsp3) is 0.464. The van der Waals surface area contributed by atoms with E-state index < -0.39 is 12.3 Å². The third-order valence-electron chi connectivity index (χ3n) is 7.24. The Morgan fingerprint density at radius 1 is 0.974 bits per heavy atom. The van der Waals surface area contributed by atoms with Crippen molar-refractivity contribution in [2.45, 2.75) is 51.4 Å². The molecule has 1 aromatic heterocycles. The van der Waals surface area contributed by atoms with E-state index in [0.29, 0.717) is 11.7 Å².